The van der Waals surface area contributed by atoms with Crippen molar-refractivity contribution in [2.75, 3.05) is 5.32 Å². The van der Waals surface area contributed by atoms with Crippen molar-refractivity contribution in [2.45, 2.75) is 32.1 Å². The Balaban J connectivity index is 1.93. The Bertz CT molecular complexity index is 856. The topological polar surface area (TPSA) is 46.4 Å². The van der Waals surface area contributed by atoms with Gasteiger partial charge in [-0.25, -0.2) is 4.98 Å². The number of pyridine rings is 1. The van der Waals surface area contributed by atoms with E-state index in [-0.39, 0.29) is 5.91 Å². The van der Waals surface area contributed by atoms with Crippen LogP contribution >= 0.6 is 11.6 Å². The number of imidazole rings is 1. The highest BCUT2D eigenvalue weighted by Crippen LogP contribution is 2.21. The molecule has 0 aliphatic rings. The highest BCUT2D eigenvalue weighted by Gasteiger charge is 2.17. The number of carbonyl (C=O) groups is 1. The number of aromatic nitrogens is 2. The fraction of sp³-hybridized carbons (Fsp3) is 0.263. The second kappa shape index (κ2) is 7.05. The molecule has 0 aliphatic heterocycles. The third kappa shape index (κ3) is 3.60. The lowest BCUT2D eigenvalue weighted by Gasteiger charge is -2.09. The van der Waals surface area contributed by atoms with Crippen LogP contribution in [0.5, 0.6) is 0 Å². The molecule has 1 aromatic carbocycles. The first-order chi connectivity index (χ1) is 11.5. The second-order valence-corrected chi connectivity index (χ2v) is 6.58. The summed E-state index contributed by atoms with van der Waals surface area (Å²) >= 11 is 5.91. The van der Waals surface area contributed by atoms with Gasteiger partial charge in [0.05, 0.1) is 5.69 Å². The number of rotatable bonds is 5. The zero-order valence-corrected chi connectivity index (χ0v) is 14.5. The van der Waals surface area contributed by atoms with Gasteiger partial charge in [-0.05, 0) is 49.9 Å². The summed E-state index contributed by atoms with van der Waals surface area (Å²) in [4.78, 5) is 16.8. The van der Waals surface area contributed by atoms with Crippen molar-refractivity contribution in [3.8, 4) is 0 Å². The summed E-state index contributed by atoms with van der Waals surface area (Å²) in [5.74, 6) is 0.485. The normalized spacial score (nSPS) is 12.3. The van der Waals surface area contributed by atoms with Crippen LogP contribution in [-0.2, 0) is 17.6 Å². The Morgan fingerprint density at radius 3 is 2.71 bits per heavy atom. The quantitative estimate of drug-likeness (QED) is 0.713. The Hall–Kier alpha value is -2.33. The number of anilines is 1. The Labute approximate surface area is 146 Å². The molecule has 1 N–H and O–H groups in total. The number of nitrogens with zero attached hydrogens (tertiary/aromatic N) is 2. The van der Waals surface area contributed by atoms with Crippen molar-refractivity contribution < 1.29 is 4.79 Å². The Morgan fingerprint density at radius 1 is 1.25 bits per heavy atom. The zero-order valence-electron chi connectivity index (χ0n) is 13.8. The molecule has 0 saturated heterocycles. The number of halogens is 1. The van der Waals surface area contributed by atoms with Gasteiger partial charge in [-0.3, -0.25) is 9.20 Å². The third-order valence-electron chi connectivity index (χ3n) is 3.95. The molecule has 5 heteroatoms. The summed E-state index contributed by atoms with van der Waals surface area (Å²) < 4.78 is 1.91. The number of fused-ring (bicyclic) bond motifs is 1. The Kier molecular flexibility index (Phi) is 4.86. The van der Waals surface area contributed by atoms with Crippen LogP contribution in [0.25, 0.3) is 5.65 Å². The van der Waals surface area contributed by atoms with Crippen LogP contribution in [0.1, 0.15) is 23.7 Å². The third-order valence-corrected chi connectivity index (χ3v) is 4.15. The summed E-state index contributed by atoms with van der Waals surface area (Å²) in [7, 11) is 0. The van der Waals surface area contributed by atoms with E-state index in [2.05, 4.69) is 17.4 Å². The van der Waals surface area contributed by atoms with Crippen LogP contribution < -0.4 is 5.32 Å². The summed E-state index contributed by atoms with van der Waals surface area (Å²) in [6, 6.07) is 14.3. The summed E-state index contributed by atoms with van der Waals surface area (Å²) in [6.07, 6.45) is 3.54. The van der Waals surface area contributed by atoms with E-state index in [1.165, 1.54) is 5.56 Å². The molecule has 0 radical (unpaired) electrons. The number of aryl methyl sites for hydroxylation is 3. The highest BCUT2D eigenvalue weighted by atomic mass is 35.5. The molecule has 124 valence electrons. The fourth-order valence-corrected chi connectivity index (χ4v) is 2.68. The first-order valence-electron chi connectivity index (χ1n) is 8.01. The van der Waals surface area contributed by atoms with E-state index in [0.29, 0.717) is 5.82 Å². The number of benzene rings is 1. The van der Waals surface area contributed by atoms with E-state index in [1.807, 2.05) is 47.9 Å². The van der Waals surface area contributed by atoms with Gasteiger partial charge in [-0.1, -0.05) is 30.3 Å². The predicted molar refractivity (Wildman–Crippen MR) is 97.7 cm³/mol. The van der Waals surface area contributed by atoms with Crippen molar-refractivity contribution in [1.82, 2.24) is 9.38 Å². The lowest BCUT2D eigenvalue weighted by molar-refractivity contribution is -0.115. The summed E-state index contributed by atoms with van der Waals surface area (Å²) in [5, 5.41) is 2.32. The molecule has 0 spiro atoms. The van der Waals surface area contributed by atoms with Crippen LogP contribution in [-0.4, -0.2) is 20.7 Å². The minimum Gasteiger partial charge on any atom is -0.309 e. The van der Waals surface area contributed by atoms with Crippen molar-refractivity contribution in [3.05, 3.63) is 65.5 Å². The number of amides is 1. The lowest BCUT2D eigenvalue weighted by Crippen LogP contribution is -2.22. The van der Waals surface area contributed by atoms with E-state index in [4.69, 9.17) is 16.6 Å². The summed E-state index contributed by atoms with van der Waals surface area (Å²) in [5.41, 5.74) is 4.07. The molecule has 0 bridgehead atoms. The number of alkyl halides is 1. The van der Waals surface area contributed by atoms with Crippen LogP contribution in [0.4, 0.5) is 5.82 Å². The van der Waals surface area contributed by atoms with Crippen LogP contribution in [0.3, 0.4) is 0 Å². The molecular formula is C19H20ClN3O. The second-order valence-electron chi connectivity index (χ2n) is 5.93. The maximum absolute atomic E-state index is 12.1. The molecule has 2 heterocycles. The lowest BCUT2D eigenvalue weighted by atomic mass is 10.1. The average molecular weight is 342 g/mol. The van der Waals surface area contributed by atoms with Gasteiger partial charge >= 0.3 is 0 Å². The maximum Gasteiger partial charge on any atom is 0.243 e. The molecule has 1 atom stereocenters. The molecule has 0 fully saturated rings. The van der Waals surface area contributed by atoms with Crippen molar-refractivity contribution in [1.29, 1.82) is 0 Å². The number of hydrogen-bond donors (Lipinski definition) is 1. The Morgan fingerprint density at radius 2 is 2.00 bits per heavy atom. The molecule has 4 nitrogen and oxygen atoms in total. The van der Waals surface area contributed by atoms with E-state index in [0.717, 1.165) is 29.7 Å². The number of carbonyl (C=O) groups excluding carboxylic acids is 1. The van der Waals surface area contributed by atoms with Crippen molar-refractivity contribution in [2.24, 2.45) is 0 Å². The van der Waals surface area contributed by atoms with Gasteiger partial charge in [0.15, 0.2) is 0 Å². The minimum absolute atomic E-state index is 0.222. The minimum atomic E-state index is -0.594. The first kappa shape index (κ1) is 16.5. The molecule has 0 aliphatic carbocycles. The number of nitrogens with one attached hydrogen (secondary N) is 1. The fourth-order valence-electron chi connectivity index (χ4n) is 2.63. The standard InChI is InChI=1S/C19H20ClN3O/c1-13-10-11-23-17(12-13)21-16(18(23)22-19(24)14(2)20)9-8-15-6-4-3-5-7-15/h3-7,10-12,14H,8-9H2,1-2H3,(H,22,24). The van der Waals surface area contributed by atoms with E-state index < -0.39 is 5.38 Å². The van der Waals surface area contributed by atoms with Gasteiger partial charge in [-0.2, -0.15) is 0 Å². The SMILES string of the molecule is Cc1ccn2c(NC(=O)C(C)Cl)c(CCc3ccccc3)nc2c1. The highest BCUT2D eigenvalue weighted by molar-refractivity contribution is 6.32. The molecule has 3 rings (SSSR count). The van der Waals surface area contributed by atoms with E-state index >= 15 is 0 Å². The van der Waals surface area contributed by atoms with E-state index in [9.17, 15) is 4.79 Å². The van der Waals surface area contributed by atoms with Gasteiger partial charge in [0.25, 0.3) is 0 Å². The zero-order chi connectivity index (χ0) is 17.1. The van der Waals surface area contributed by atoms with Crippen molar-refractivity contribution in [3.63, 3.8) is 0 Å². The molecule has 2 aromatic heterocycles. The summed E-state index contributed by atoms with van der Waals surface area (Å²) in [6.45, 7) is 3.69. The molecular weight excluding hydrogens is 322 g/mol. The van der Waals surface area contributed by atoms with Crippen molar-refractivity contribution >= 4 is 29.0 Å². The average Bonchev–Trinajstić information content (AvgIpc) is 2.90. The molecule has 1 amide bonds. The van der Waals surface area contributed by atoms with Gasteiger partial charge in [0, 0.05) is 6.20 Å². The smallest absolute Gasteiger partial charge is 0.243 e. The predicted octanol–water partition coefficient (Wildman–Crippen LogP) is 3.99. The van der Waals surface area contributed by atoms with Crippen LogP contribution in [0.15, 0.2) is 48.7 Å². The molecule has 1 unspecified atom stereocenters. The van der Waals surface area contributed by atoms with E-state index in [1.54, 1.807) is 6.92 Å². The van der Waals surface area contributed by atoms with Gasteiger partial charge < -0.3 is 5.32 Å². The van der Waals surface area contributed by atoms with Crippen LogP contribution in [0.2, 0.25) is 0 Å². The molecule has 0 saturated carbocycles. The first-order valence-corrected chi connectivity index (χ1v) is 8.44. The van der Waals surface area contributed by atoms with Crippen LogP contribution in [0, 0.1) is 6.92 Å². The monoisotopic (exact) mass is 341 g/mol. The van der Waals surface area contributed by atoms with Gasteiger partial charge in [-0.15, -0.1) is 11.6 Å². The number of hydrogen-bond acceptors (Lipinski definition) is 2. The van der Waals surface area contributed by atoms with Gasteiger partial charge in [0.2, 0.25) is 5.91 Å². The van der Waals surface area contributed by atoms with Gasteiger partial charge in [0.1, 0.15) is 16.8 Å². The largest absolute Gasteiger partial charge is 0.309 e. The molecule has 3 aromatic rings. The maximum atomic E-state index is 12.1. The molecule has 24 heavy (non-hydrogen) atoms.